The van der Waals surface area contributed by atoms with E-state index < -0.39 is 5.60 Å². The predicted molar refractivity (Wildman–Crippen MR) is 91.4 cm³/mol. The SMILES string of the molecule is CC1CCC(CO)CN1CC1CCCN(C(=O)OC(C)(C)C)C1. The topological polar surface area (TPSA) is 53.0 Å². The first-order chi connectivity index (χ1) is 10.8. The maximum Gasteiger partial charge on any atom is 0.410 e. The van der Waals surface area contributed by atoms with Crippen molar-refractivity contribution in [3.8, 4) is 0 Å². The van der Waals surface area contributed by atoms with Crippen LogP contribution in [0.15, 0.2) is 0 Å². The van der Waals surface area contributed by atoms with Gasteiger partial charge in [-0.2, -0.15) is 0 Å². The van der Waals surface area contributed by atoms with Crippen LogP contribution in [-0.4, -0.2) is 65.4 Å². The Morgan fingerprint density at radius 3 is 2.57 bits per heavy atom. The zero-order chi connectivity index (χ0) is 17.0. The Bertz CT molecular complexity index is 394. The van der Waals surface area contributed by atoms with E-state index in [0.29, 0.717) is 17.9 Å². The molecule has 5 nitrogen and oxygen atoms in total. The van der Waals surface area contributed by atoms with Crippen LogP contribution in [0.5, 0.6) is 0 Å². The van der Waals surface area contributed by atoms with Gasteiger partial charge in [0.15, 0.2) is 0 Å². The first kappa shape index (κ1) is 18.5. The van der Waals surface area contributed by atoms with Crippen LogP contribution in [0.3, 0.4) is 0 Å². The fourth-order valence-electron chi connectivity index (χ4n) is 3.70. The average molecular weight is 326 g/mol. The minimum absolute atomic E-state index is 0.179. The first-order valence-corrected chi connectivity index (χ1v) is 9.11. The molecule has 23 heavy (non-hydrogen) atoms. The van der Waals surface area contributed by atoms with Crippen LogP contribution in [0.4, 0.5) is 4.79 Å². The third kappa shape index (κ3) is 5.64. The zero-order valence-electron chi connectivity index (χ0n) is 15.3. The molecule has 2 aliphatic rings. The van der Waals surface area contributed by atoms with Gasteiger partial charge in [-0.25, -0.2) is 4.79 Å². The van der Waals surface area contributed by atoms with E-state index in [1.165, 1.54) is 6.42 Å². The fraction of sp³-hybridized carbons (Fsp3) is 0.944. The largest absolute Gasteiger partial charge is 0.444 e. The van der Waals surface area contributed by atoms with Crippen LogP contribution >= 0.6 is 0 Å². The van der Waals surface area contributed by atoms with Gasteiger partial charge >= 0.3 is 6.09 Å². The average Bonchev–Trinajstić information content (AvgIpc) is 2.48. The van der Waals surface area contributed by atoms with Crippen LogP contribution in [0.2, 0.25) is 0 Å². The lowest BCUT2D eigenvalue weighted by Crippen LogP contribution is -2.49. The van der Waals surface area contributed by atoms with Crippen molar-refractivity contribution >= 4 is 6.09 Å². The van der Waals surface area contributed by atoms with Crippen LogP contribution in [-0.2, 0) is 4.74 Å². The van der Waals surface area contributed by atoms with Crippen molar-refractivity contribution < 1.29 is 14.6 Å². The second-order valence-corrected chi connectivity index (χ2v) is 8.36. The van der Waals surface area contributed by atoms with E-state index in [-0.39, 0.29) is 12.7 Å². The molecule has 0 aromatic heterocycles. The number of rotatable bonds is 3. The predicted octanol–water partition coefficient (Wildman–Crippen LogP) is 2.73. The fourth-order valence-corrected chi connectivity index (χ4v) is 3.70. The number of hydrogen-bond donors (Lipinski definition) is 1. The molecule has 2 fully saturated rings. The Kier molecular flexibility index (Phi) is 6.32. The first-order valence-electron chi connectivity index (χ1n) is 9.11. The van der Waals surface area contributed by atoms with Crippen molar-refractivity contribution in [2.45, 2.75) is 65.0 Å². The Labute approximate surface area is 141 Å². The third-order valence-corrected chi connectivity index (χ3v) is 5.03. The number of likely N-dealkylation sites (tertiary alicyclic amines) is 2. The molecule has 0 aliphatic carbocycles. The van der Waals surface area contributed by atoms with E-state index in [2.05, 4.69) is 11.8 Å². The van der Waals surface area contributed by atoms with Gasteiger partial charge in [-0.05, 0) is 65.2 Å². The molecule has 0 aromatic carbocycles. The molecule has 1 amide bonds. The van der Waals surface area contributed by atoms with Crippen molar-refractivity contribution in [3.63, 3.8) is 0 Å². The number of nitrogens with zero attached hydrogens (tertiary/aromatic N) is 2. The minimum Gasteiger partial charge on any atom is -0.444 e. The zero-order valence-corrected chi connectivity index (χ0v) is 15.3. The summed E-state index contributed by atoms with van der Waals surface area (Å²) in [6.45, 7) is 11.9. The Hall–Kier alpha value is -0.810. The molecule has 3 unspecified atom stereocenters. The van der Waals surface area contributed by atoms with Gasteiger partial charge in [0.05, 0.1) is 0 Å². The summed E-state index contributed by atoms with van der Waals surface area (Å²) in [4.78, 5) is 16.7. The Morgan fingerprint density at radius 1 is 1.17 bits per heavy atom. The Balaban J connectivity index is 1.87. The summed E-state index contributed by atoms with van der Waals surface area (Å²) in [5.74, 6) is 0.924. The van der Waals surface area contributed by atoms with Gasteiger partial charge in [0.2, 0.25) is 0 Å². The summed E-state index contributed by atoms with van der Waals surface area (Å²) in [5.41, 5.74) is -0.431. The van der Waals surface area contributed by atoms with Crippen molar-refractivity contribution in [2.24, 2.45) is 11.8 Å². The van der Waals surface area contributed by atoms with Crippen LogP contribution in [0.1, 0.15) is 53.4 Å². The quantitative estimate of drug-likeness (QED) is 0.866. The number of hydrogen-bond acceptors (Lipinski definition) is 4. The minimum atomic E-state index is -0.431. The number of aliphatic hydroxyl groups excluding tert-OH is 1. The van der Waals surface area contributed by atoms with Crippen molar-refractivity contribution in [1.82, 2.24) is 9.80 Å². The van der Waals surface area contributed by atoms with E-state index in [9.17, 15) is 9.90 Å². The maximum atomic E-state index is 12.3. The molecule has 0 bridgehead atoms. The molecular formula is C18H34N2O3. The molecular weight excluding hydrogens is 292 g/mol. The molecule has 0 saturated carbocycles. The van der Waals surface area contributed by atoms with Gasteiger partial charge in [-0.1, -0.05) is 0 Å². The van der Waals surface area contributed by atoms with Crippen LogP contribution in [0.25, 0.3) is 0 Å². The molecule has 134 valence electrons. The molecule has 5 heteroatoms. The van der Waals surface area contributed by atoms with Gasteiger partial charge in [-0.15, -0.1) is 0 Å². The van der Waals surface area contributed by atoms with E-state index in [0.717, 1.165) is 45.4 Å². The van der Waals surface area contributed by atoms with Gasteiger partial charge in [0.25, 0.3) is 0 Å². The van der Waals surface area contributed by atoms with E-state index >= 15 is 0 Å². The maximum absolute atomic E-state index is 12.3. The highest BCUT2D eigenvalue weighted by Crippen LogP contribution is 2.26. The van der Waals surface area contributed by atoms with Crippen molar-refractivity contribution in [1.29, 1.82) is 0 Å². The molecule has 2 heterocycles. The Morgan fingerprint density at radius 2 is 1.91 bits per heavy atom. The lowest BCUT2D eigenvalue weighted by molar-refractivity contribution is 0.00988. The van der Waals surface area contributed by atoms with Crippen molar-refractivity contribution in [2.75, 3.05) is 32.8 Å². The normalized spacial score (nSPS) is 30.3. The lowest BCUT2D eigenvalue weighted by atomic mass is 9.91. The summed E-state index contributed by atoms with van der Waals surface area (Å²) >= 11 is 0. The highest BCUT2D eigenvalue weighted by molar-refractivity contribution is 5.68. The summed E-state index contributed by atoms with van der Waals surface area (Å²) in [6, 6.07) is 0.578. The lowest BCUT2D eigenvalue weighted by Gasteiger charge is -2.41. The highest BCUT2D eigenvalue weighted by atomic mass is 16.6. The molecule has 0 radical (unpaired) electrons. The monoisotopic (exact) mass is 326 g/mol. The number of carbonyl (C=O) groups excluding carboxylic acids is 1. The van der Waals surface area contributed by atoms with Crippen LogP contribution in [0, 0.1) is 11.8 Å². The van der Waals surface area contributed by atoms with Crippen LogP contribution < -0.4 is 0 Å². The summed E-state index contributed by atoms with van der Waals surface area (Å²) in [5, 5.41) is 9.43. The van der Waals surface area contributed by atoms with Gasteiger partial charge in [-0.3, -0.25) is 4.90 Å². The van der Waals surface area contributed by atoms with Gasteiger partial charge in [0.1, 0.15) is 5.60 Å². The van der Waals surface area contributed by atoms with Gasteiger partial charge < -0.3 is 14.7 Å². The van der Waals surface area contributed by atoms with E-state index in [4.69, 9.17) is 4.74 Å². The van der Waals surface area contributed by atoms with E-state index in [1.807, 2.05) is 25.7 Å². The second kappa shape index (κ2) is 7.84. The molecule has 2 rings (SSSR count). The number of aliphatic hydroxyl groups is 1. The number of amides is 1. The summed E-state index contributed by atoms with van der Waals surface area (Å²) in [6.07, 6.45) is 4.33. The molecule has 3 atom stereocenters. The molecule has 0 aromatic rings. The molecule has 2 aliphatic heterocycles. The second-order valence-electron chi connectivity index (χ2n) is 8.36. The molecule has 2 saturated heterocycles. The molecule has 1 N–H and O–H groups in total. The standard InChI is InChI=1S/C18H34N2O3/c1-14-7-8-16(13-21)12-20(14)11-15-6-5-9-19(10-15)17(22)23-18(2,3)4/h14-16,21H,5-13H2,1-4H3. The van der Waals surface area contributed by atoms with E-state index in [1.54, 1.807) is 0 Å². The summed E-state index contributed by atoms with van der Waals surface area (Å²) in [7, 11) is 0. The number of piperidine rings is 2. The smallest absolute Gasteiger partial charge is 0.410 e. The third-order valence-electron chi connectivity index (χ3n) is 5.03. The summed E-state index contributed by atoms with van der Waals surface area (Å²) < 4.78 is 5.51. The number of carbonyl (C=O) groups is 1. The molecule has 0 spiro atoms. The highest BCUT2D eigenvalue weighted by Gasteiger charge is 2.31. The van der Waals surface area contributed by atoms with Gasteiger partial charge in [0, 0.05) is 38.8 Å². The van der Waals surface area contributed by atoms with Crippen molar-refractivity contribution in [3.05, 3.63) is 0 Å². The number of ether oxygens (including phenoxy) is 1.